The Hall–Kier alpha value is -1.89. The van der Waals surface area contributed by atoms with E-state index in [2.05, 4.69) is 10.1 Å². The standard InChI is InChI=1S/C14H17N3O2S/c1-11(12-5-3-2-4-6-12)17-20(18,19)14-9-7-13(16-15)8-10-14/h2-11,16-17H,15H2,1H3. The van der Waals surface area contributed by atoms with Crippen molar-refractivity contribution in [3.8, 4) is 0 Å². The number of benzene rings is 2. The van der Waals surface area contributed by atoms with Gasteiger partial charge >= 0.3 is 0 Å². The molecule has 0 aliphatic rings. The molecule has 0 amide bonds. The van der Waals surface area contributed by atoms with Crippen molar-refractivity contribution < 1.29 is 8.42 Å². The quantitative estimate of drug-likeness (QED) is 0.581. The Labute approximate surface area is 118 Å². The van der Waals surface area contributed by atoms with Crippen LogP contribution >= 0.6 is 0 Å². The Bertz CT molecular complexity index is 655. The summed E-state index contributed by atoms with van der Waals surface area (Å²) in [5.74, 6) is 5.25. The Morgan fingerprint density at radius 1 is 1.00 bits per heavy atom. The van der Waals surface area contributed by atoms with Gasteiger partial charge in [-0.15, -0.1) is 0 Å². The molecule has 106 valence electrons. The molecule has 1 unspecified atom stereocenters. The van der Waals surface area contributed by atoms with E-state index >= 15 is 0 Å². The highest BCUT2D eigenvalue weighted by Gasteiger charge is 2.17. The maximum atomic E-state index is 12.3. The number of nitrogen functional groups attached to an aromatic ring is 1. The van der Waals surface area contributed by atoms with Gasteiger partial charge in [-0.3, -0.25) is 5.84 Å². The fraction of sp³-hybridized carbons (Fsp3) is 0.143. The number of hydrazine groups is 1. The average Bonchev–Trinajstić information content (AvgIpc) is 2.48. The van der Waals surface area contributed by atoms with Gasteiger partial charge in [0.05, 0.1) is 4.90 Å². The minimum Gasteiger partial charge on any atom is -0.324 e. The second kappa shape index (κ2) is 6.04. The Balaban J connectivity index is 2.18. The molecule has 0 heterocycles. The normalized spacial score (nSPS) is 12.9. The lowest BCUT2D eigenvalue weighted by atomic mass is 10.1. The maximum absolute atomic E-state index is 12.3. The highest BCUT2D eigenvalue weighted by molar-refractivity contribution is 7.89. The first-order chi connectivity index (χ1) is 9.53. The molecule has 5 nitrogen and oxygen atoms in total. The van der Waals surface area contributed by atoms with Crippen LogP contribution in [0.15, 0.2) is 59.5 Å². The average molecular weight is 291 g/mol. The summed E-state index contributed by atoms with van der Waals surface area (Å²) in [4.78, 5) is 0.208. The van der Waals surface area contributed by atoms with Gasteiger partial charge in [0.25, 0.3) is 0 Å². The van der Waals surface area contributed by atoms with E-state index in [1.165, 1.54) is 12.1 Å². The van der Waals surface area contributed by atoms with Crippen LogP contribution < -0.4 is 16.0 Å². The first kappa shape index (κ1) is 14.5. The van der Waals surface area contributed by atoms with Crippen molar-refractivity contribution in [1.82, 2.24) is 4.72 Å². The number of nitrogens with one attached hydrogen (secondary N) is 2. The van der Waals surface area contributed by atoms with Gasteiger partial charge in [-0.25, -0.2) is 13.1 Å². The van der Waals surface area contributed by atoms with Crippen molar-refractivity contribution >= 4 is 15.7 Å². The predicted octanol–water partition coefficient (Wildman–Crippen LogP) is 2.01. The molecule has 0 aliphatic carbocycles. The molecule has 4 N–H and O–H groups in total. The van der Waals surface area contributed by atoms with Crippen LogP contribution in [0, 0.1) is 0 Å². The molecule has 1 atom stereocenters. The van der Waals surface area contributed by atoms with Crippen LogP contribution in [-0.4, -0.2) is 8.42 Å². The van der Waals surface area contributed by atoms with Gasteiger partial charge in [-0.1, -0.05) is 30.3 Å². The summed E-state index contributed by atoms with van der Waals surface area (Å²) in [6, 6.07) is 15.4. The van der Waals surface area contributed by atoms with E-state index in [1.54, 1.807) is 12.1 Å². The number of sulfonamides is 1. The lowest BCUT2D eigenvalue weighted by Crippen LogP contribution is -2.26. The summed E-state index contributed by atoms with van der Waals surface area (Å²) >= 11 is 0. The molecule has 6 heteroatoms. The zero-order valence-electron chi connectivity index (χ0n) is 11.1. The van der Waals surface area contributed by atoms with Gasteiger partial charge in [0, 0.05) is 11.7 Å². The van der Waals surface area contributed by atoms with Crippen LogP contribution in [0.4, 0.5) is 5.69 Å². The maximum Gasteiger partial charge on any atom is 0.241 e. The van der Waals surface area contributed by atoms with Gasteiger partial charge in [-0.2, -0.15) is 0 Å². The first-order valence-corrected chi connectivity index (χ1v) is 7.65. The van der Waals surface area contributed by atoms with Crippen LogP contribution in [0.25, 0.3) is 0 Å². The third-order valence-corrected chi connectivity index (χ3v) is 4.52. The number of hydrogen-bond acceptors (Lipinski definition) is 4. The van der Waals surface area contributed by atoms with Crippen molar-refractivity contribution in [2.75, 3.05) is 5.43 Å². The van der Waals surface area contributed by atoms with E-state index in [0.717, 1.165) is 5.56 Å². The van der Waals surface area contributed by atoms with E-state index in [4.69, 9.17) is 5.84 Å². The van der Waals surface area contributed by atoms with Crippen LogP contribution in [0.3, 0.4) is 0 Å². The van der Waals surface area contributed by atoms with Gasteiger partial charge in [-0.05, 0) is 36.8 Å². The second-order valence-electron chi connectivity index (χ2n) is 4.42. The van der Waals surface area contributed by atoms with Gasteiger partial charge in [0.2, 0.25) is 10.0 Å². The number of rotatable bonds is 5. The molecule has 0 radical (unpaired) electrons. The van der Waals surface area contributed by atoms with Crippen LogP contribution in [0.5, 0.6) is 0 Å². The molecule has 0 bridgehead atoms. The topological polar surface area (TPSA) is 84.2 Å². The molecule has 2 aromatic carbocycles. The lowest BCUT2D eigenvalue weighted by molar-refractivity contribution is 0.567. The number of hydrogen-bond donors (Lipinski definition) is 3. The lowest BCUT2D eigenvalue weighted by Gasteiger charge is -2.14. The minimum absolute atomic E-state index is 0.208. The fourth-order valence-corrected chi connectivity index (χ4v) is 3.07. The van der Waals surface area contributed by atoms with E-state index in [1.807, 2.05) is 37.3 Å². The van der Waals surface area contributed by atoms with E-state index in [0.29, 0.717) is 5.69 Å². The zero-order chi connectivity index (χ0) is 14.6. The third-order valence-electron chi connectivity index (χ3n) is 2.96. The monoisotopic (exact) mass is 291 g/mol. The van der Waals surface area contributed by atoms with Gasteiger partial charge in [0.1, 0.15) is 0 Å². The molecule has 2 aromatic rings. The summed E-state index contributed by atoms with van der Waals surface area (Å²) in [5, 5.41) is 0. The largest absolute Gasteiger partial charge is 0.324 e. The Morgan fingerprint density at radius 2 is 1.60 bits per heavy atom. The highest BCUT2D eigenvalue weighted by Crippen LogP contribution is 2.18. The number of nitrogens with two attached hydrogens (primary N) is 1. The molecular formula is C14H17N3O2S. The molecule has 0 saturated heterocycles. The molecule has 0 aromatic heterocycles. The fourth-order valence-electron chi connectivity index (χ4n) is 1.84. The molecule has 0 aliphatic heterocycles. The van der Waals surface area contributed by atoms with Crippen molar-refractivity contribution in [1.29, 1.82) is 0 Å². The molecular weight excluding hydrogens is 274 g/mol. The SMILES string of the molecule is CC(NS(=O)(=O)c1ccc(NN)cc1)c1ccccc1. The van der Waals surface area contributed by atoms with Crippen LogP contribution in [-0.2, 0) is 10.0 Å². The zero-order valence-corrected chi connectivity index (χ0v) is 11.9. The van der Waals surface area contributed by atoms with Crippen molar-refractivity contribution in [3.05, 3.63) is 60.2 Å². The third kappa shape index (κ3) is 3.36. The number of anilines is 1. The highest BCUT2D eigenvalue weighted by atomic mass is 32.2. The minimum atomic E-state index is -3.55. The molecule has 0 saturated carbocycles. The first-order valence-electron chi connectivity index (χ1n) is 6.17. The molecule has 0 spiro atoms. The van der Waals surface area contributed by atoms with Crippen LogP contribution in [0.1, 0.15) is 18.5 Å². The van der Waals surface area contributed by atoms with Crippen LogP contribution in [0.2, 0.25) is 0 Å². The summed E-state index contributed by atoms with van der Waals surface area (Å²) in [5.41, 5.74) is 4.02. The Kier molecular flexibility index (Phi) is 4.39. The van der Waals surface area contributed by atoms with Crippen molar-refractivity contribution in [3.63, 3.8) is 0 Å². The second-order valence-corrected chi connectivity index (χ2v) is 6.14. The Morgan fingerprint density at radius 3 is 2.15 bits per heavy atom. The van der Waals surface area contributed by atoms with Crippen molar-refractivity contribution in [2.24, 2.45) is 5.84 Å². The predicted molar refractivity (Wildman–Crippen MR) is 79.4 cm³/mol. The molecule has 20 heavy (non-hydrogen) atoms. The van der Waals surface area contributed by atoms with Crippen molar-refractivity contribution in [2.45, 2.75) is 17.9 Å². The summed E-state index contributed by atoms with van der Waals surface area (Å²) in [6.07, 6.45) is 0. The van der Waals surface area contributed by atoms with Gasteiger partial charge < -0.3 is 5.43 Å². The molecule has 2 rings (SSSR count). The van der Waals surface area contributed by atoms with E-state index in [9.17, 15) is 8.42 Å². The summed E-state index contributed by atoms with van der Waals surface area (Å²) in [7, 11) is -3.55. The summed E-state index contributed by atoms with van der Waals surface area (Å²) < 4.78 is 27.2. The van der Waals surface area contributed by atoms with Gasteiger partial charge in [0.15, 0.2) is 0 Å². The summed E-state index contributed by atoms with van der Waals surface area (Å²) in [6.45, 7) is 1.81. The molecule has 0 fully saturated rings. The van der Waals surface area contributed by atoms with E-state index in [-0.39, 0.29) is 10.9 Å². The smallest absolute Gasteiger partial charge is 0.241 e. The van der Waals surface area contributed by atoms with E-state index < -0.39 is 10.0 Å².